The van der Waals surface area contributed by atoms with Crippen LogP contribution >= 0.6 is 0 Å². The first kappa shape index (κ1) is 14.2. The standard InChI is InChI=1S/C15H23NO3/c17-13-7-6-12(15(18)10-13)11-16-8-9-19-14-4-2-1-3-5-14/h6-7,10,14,16-18H,1-5,8-9,11H2. The summed E-state index contributed by atoms with van der Waals surface area (Å²) >= 11 is 0. The summed E-state index contributed by atoms with van der Waals surface area (Å²) in [5, 5.41) is 22.0. The smallest absolute Gasteiger partial charge is 0.123 e. The Balaban J connectivity index is 1.61. The van der Waals surface area contributed by atoms with Crippen LogP contribution in [-0.4, -0.2) is 29.5 Å². The molecule has 0 saturated heterocycles. The van der Waals surface area contributed by atoms with Gasteiger partial charge in [0.2, 0.25) is 0 Å². The summed E-state index contributed by atoms with van der Waals surface area (Å²) in [4.78, 5) is 0. The molecule has 4 nitrogen and oxygen atoms in total. The third-order valence-corrected chi connectivity index (χ3v) is 3.57. The van der Waals surface area contributed by atoms with Crippen molar-refractivity contribution in [3.63, 3.8) is 0 Å². The minimum atomic E-state index is 0.0851. The lowest BCUT2D eigenvalue weighted by Crippen LogP contribution is -2.24. The van der Waals surface area contributed by atoms with E-state index in [2.05, 4.69) is 5.32 Å². The molecule has 3 N–H and O–H groups in total. The van der Waals surface area contributed by atoms with Gasteiger partial charge < -0.3 is 20.3 Å². The number of phenols is 2. The molecule has 4 heteroatoms. The molecular formula is C15H23NO3. The van der Waals surface area contributed by atoms with Gasteiger partial charge in [-0.2, -0.15) is 0 Å². The molecule has 0 heterocycles. The third-order valence-electron chi connectivity index (χ3n) is 3.57. The van der Waals surface area contributed by atoms with Crippen molar-refractivity contribution in [2.24, 2.45) is 0 Å². The van der Waals surface area contributed by atoms with E-state index in [0.717, 1.165) is 12.1 Å². The lowest BCUT2D eigenvalue weighted by Gasteiger charge is -2.22. The highest BCUT2D eigenvalue weighted by molar-refractivity contribution is 5.38. The number of aromatic hydroxyl groups is 2. The average Bonchev–Trinajstić information content (AvgIpc) is 2.42. The number of hydrogen-bond donors (Lipinski definition) is 3. The predicted molar refractivity (Wildman–Crippen MR) is 74.3 cm³/mol. The van der Waals surface area contributed by atoms with E-state index in [1.54, 1.807) is 12.1 Å². The summed E-state index contributed by atoms with van der Waals surface area (Å²) < 4.78 is 5.81. The topological polar surface area (TPSA) is 61.7 Å². The molecular weight excluding hydrogens is 242 g/mol. The van der Waals surface area contributed by atoms with Crippen molar-refractivity contribution in [3.05, 3.63) is 23.8 Å². The van der Waals surface area contributed by atoms with Gasteiger partial charge in [-0.15, -0.1) is 0 Å². The predicted octanol–water partition coefficient (Wildman–Crippen LogP) is 2.54. The second-order valence-electron chi connectivity index (χ2n) is 5.12. The molecule has 0 atom stereocenters. The molecule has 19 heavy (non-hydrogen) atoms. The van der Waals surface area contributed by atoms with E-state index in [1.807, 2.05) is 0 Å². The van der Waals surface area contributed by atoms with Gasteiger partial charge in [0, 0.05) is 24.7 Å². The first-order chi connectivity index (χ1) is 9.25. The number of hydrogen-bond acceptors (Lipinski definition) is 4. The molecule has 0 aromatic heterocycles. The van der Waals surface area contributed by atoms with Crippen LogP contribution in [0, 0.1) is 0 Å². The summed E-state index contributed by atoms with van der Waals surface area (Å²) in [6.45, 7) is 2.07. The molecule has 0 unspecified atom stereocenters. The fourth-order valence-corrected chi connectivity index (χ4v) is 2.45. The molecule has 0 aliphatic heterocycles. The maximum absolute atomic E-state index is 9.62. The molecule has 1 fully saturated rings. The number of phenolic OH excluding ortho intramolecular Hbond substituents is 2. The van der Waals surface area contributed by atoms with E-state index in [-0.39, 0.29) is 11.5 Å². The van der Waals surface area contributed by atoms with Crippen molar-refractivity contribution in [2.75, 3.05) is 13.2 Å². The van der Waals surface area contributed by atoms with Crippen LogP contribution in [0.1, 0.15) is 37.7 Å². The fraction of sp³-hybridized carbons (Fsp3) is 0.600. The first-order valence-electron chi connectivity index (χ1n) is 7.09. The number of ether oxygens (including phenoxy) is 1. The van der Waals surface area contributed by atoms with Crippen LogP contribution < -0.4 is 5.32 Å². The molecule has 1 aliphatic rings. The largest absolute Gasteiger partial charge is 0.508 e. The van der Waals surface area contributed by atoms with E-state index < -0.39 is 0 Å². The van der Waals surface area contributed by atoms with Crippen LogP contribution in [0.25, 0.3) is 0 Å². The van der Waals surface area contributed by atoms with Gasteiger partial charge in [0.25, 0.3) is 0 Å². The van der Waals surface area contributed by atoms with E-state index in [4.69, 9.17) is 4.74 Å². The van der Waals surface area contributed by atoms with Gasteiger partial charge in [-0.3, -0.25) is 0 Å². The summed E-state index contributed by atoms with van der Waals surface area (Å²) in [7, 11) is 0. The van der Waals surface area contributed by atoms with Crippen LogP contribution in [0.2, 0.25) is 0 Å². The second kappa shape index (κ2) is 7.36. The van der Waals surface area contributed by atoms with E-state index >= 15 is 0 Å². The Kier molecular flexibility index (Phi) is 5.48. The first-order valence-corrected chi connectivity index (χ1v) is 7.09. The van der Waals surface area contributed by atoms with E-state index in [1.165, 1.54) is 38.2 Å². The van der Waals surface area contributed by atoms with Crippen molar-refractivity contribution in [2.45, 2.75) is 44.8 Å². The second-order valence-corrected chi connectivity index (χ2v) is 5.12. The van der Waals surface area contributed by atoms with Gasteiger partial charge in [-0.25, -0.2) is 0 Å². The maximum atomic E-state index is 9.62. The third kappa shape index (κ3) is 4.73. The van der Waals surface area contributed by atoms with Crippen LogP contribution in [0.15, 0.2) is 18.2 Å². The Hall–Kier alpha value is -1.26. The quantitative estimate of drug-likeness (QED) is 0.692. The SMILES string of the molecule is Oc1ccc(CNCCOC2CCCCC2)c(O)c1. The Labute approximate surface area is 114 Å². The summed E-state index contributed by atoms with van der Waals surface area (Å²) in [5.41, 5.74) is 0.787. The van der Waals surface area contributed by atoms with E-state index in [0.29, 0.717) is 19.3 Å². The molecule has 1 aromatic carbocycles. The van der Waals surface area contributed by atoms with Crippen LogP contribution in [0.5, 0.6) is 11.5 Å². The Morgan fingerprint density at radius 1 is 1.16 bits per heavy atom. The fourth-order valence-electron chi connectivity index (χ4n) is 2.45. The lowest BCUT2D eigenvalue weighted by atomic mass is 9.98. The van der Waals surface area contributed by atoms with Gasteiger partial charge in [0.15, 0.2) is 0 Å². The molecule has 2 rings (SSSR count). The summed E-state index contributed by atoms with van der Waals surface area (Å²) in [5.74, 6) is 0.211. The van der Waals surface area contributed by atoms with Gasteiger partial charge in [0.1, 0.15) is 11.5 Å². The van der Waals surface area contributed by atoms with Gasteiger partial charge >= 0.3 is 0 Å². The molecule has 1 aliphatic carbocycles. The minimum Gasteiger partial charge on any atom is -0.508 e. The molecule has 1 aromatic rings. The van der Waals surface area contributed by atoms with Crippen LogP contribution in [0.3, 0.4) is 0 Å². The zero-order chi connectivity index (χ0) is 13.5. The van der Waals surface area contributed by atoms with Gasteiger partial charge in [-0.05, 0) is 18.9 Å². The lowest BCUT2D eigenvalue weighted by molar-refractivity contribution is 0.0302. The molecule has 106 valence electrons. The van der Waals surface area contributed by atoms with Gasteiger partial charge in [-0.1, -0.05) is 25.3 Å². The van der Waals surface area contributed by atoms with E-state index in [9.17, 15) is 10.2 Å². The monoisotopic (exact) mass is 265 g/mol. The highest BCUT2D eigenvalue weighted by Gasteiger charge is 2.12. The Morgan fingerprint density at radius 2 is 1.95 bits per heavy atom. The van der Waals surface area contributed by atoms with Crippen molar-refractivity contribution >= 4 is 0 Å². The Bertz CT molecular complexity index is 389. The van der Waals surface area contributed by atoms with Crippen LogP contribution in [0.4, 0.5) is 0 Å². The molecule has 1 saturated carbocycles. The highest BCUT2D eigenvalue weighted by atomic mass is 16.5. The average molecular weight is 265 g/mol. The number of benzene rings is 1. The summed E-state index contributed by atoms with van der Waals surface area (Å²) in [6, 6.07) is 4.66. The molecule has 0 radical (unpaired) electrons. The minimum absolute atomic E-state index is 0.0851. The highest BCUT2D eigenvalue weighted by Crippen LogP contribution is 2.22. The number of nitrogens with one attached hydrogen (secondary N) is 1. The van der Waals surface area contributed by atoms with Crippen molar-refractivity contribution in [1.82, 2.24) is 5.32 Å². The molecule has 0 bridgehead atoms. The van der Waals surface area contributed by atoms with Crippen molar-refractivity contribution in [1.29, 1.82) is 0 Å². The Morgan fingerprint density at radius 3 is 2.68 bits per heavy atom. The summed E-state index contributed by atoms with van der Waals surface area (Å²) in [6.07, 6.45) is 6.76. The number of rotatable bonds is 6. The molecule has 0 amide bonds. The van der Waals surface area contributed by atoms with Crippen molar-refractivity contribution < 1.29 is 14.9 Å². The van der Waals surface area contributed by atoms with Crippen LogP contribution in [-0.2, 0) is 11.3 Å². The zero-order valence-corrected chi connectivity index (χ0v) is 11.3. The van der Waals surface area contributed by atoms with Gasteiger partial charge in [0.05, 0.1) is 12.7 Å². The van der Waals surface area contributed by atoms with Crippen molar-refractivity contribution in [3.8, 4) is 11.5 Å². The normalized spacial score (nSPS) is 16.6. The zero-order valence-electron chi connectivity index (χ0n) is 11.3. The molecule has 0 spiro atoms. The maximum Gasteiger partial charge on any atom is 0.123 e.